The first-order valence-electron chi connectivity index (χ1n) is 15.2. The zero-order chi connectivity index (χ0) is 34.1. The number of nitro groups is 2. The maximum atomic E-state index is 12.2. The molecule has 0 atom stereocenters. The van der Waals surface area contributed by atoms with E-state index in [-0.39, 0.29) is 23.3 Å². The lowest BCUT2D eigenvalue weighted by molar-refractivity contribution is -0.385. The quantitative estimate of drug-likeness (QED) is 0.0269. The zero-order valence-corrected chi connectivity index (χ0v) is 25.8. The van der Waals surface area contributed by atoms with Gasteiger partial charge in [0.2, 0.25) is 0 Å². The van der Waals surface area contributed by atoms with Crippen LogP contribution in [-0.4, -0.2) is 21.8 Å². The smallest absolute Gasteiger partial charge is 0.311 e. The van der Waals surface area contributed by atoms with Crippen LogP contribution in [0, 0.1) is 20.2 Å². The van der Waals surface area contributed by atoms with Crippen LogP contribution in [-0.2, 0) is 9.59 Å². The van der Waals surface area contributed by atoms with Crippen molar-refractivity contribution in [1.82, 2.24) is 0 Å². The second-order valence-corrected chi connectivity index (χ2v) is 10.5. The summed E-state index contributed by atoms with van der Waals surface area (Å²) in [5, 5.41) is 37.7. The van der Waals surface area contributed by atoms with E-state index in [1.165, 1.54) is 48.5 Å². The third kappa shape index (κ3) is 12.0. The lowest BCUT2D eigenvalue weighted by Gasteiger charge is -2.05. The molecule has 0 saturated heterocycles. The van der Waals surface area contributed by atoms with Gasteiger partial charge in [0.15, 0.2) is 0 Å². The van der Waals surface area contributed by atoms with Crippen LogP contribution in [0.1, 0.15) is 51.4 Å². The highest BCUT2D eigenvalue weighted by atomic mass is 16.6. The number of nitro benzene ring substituents is 2. The molecule has 0 aromatic heterocycles. The first kappa shape index (κ1) is 34.7. The van der Waals surface area contributed by atoms with Crippen molar-refractivity contribution in [2.24, 2.45) is 20.5 Å². The van der Waals surface area contributed by atoms with Crippen molar-refractivity contribution in [3.63, 3.8) is 0 Å². The third-order valence-electron chi connectivity index (χ3n) is 6.83. The highest BCUT2D eigenvalue weighted by Gasteiger charge is 2.08. The zero-order valence-electron chi connectivity index (χ0n) is 25.8. The van der Waals surface area contributed by atoms with Crippen molar-refractivity contribution in [1.29, 1.82) is 0 Å². The number of hydrogen-bond acceptors (Lipinski definition) is 12. The van der Waals surface area contributed by atoms with Crippen molar-refractivity contribution in [2.75, 3.05) is 0 Å². The SMILES string of the molecule is O=C(CCCCCCCCC(=O)Oc1ccc(N=Nc2ccc([N+](=O)[O-])cc2)cc1)Oc1ccc(N=Nc2ccc([N+](=O)[O-])cc2)cc1. The Morgan fingerprint density at radius 3 is 1.02 bits per heavy atom. The molecule has 0 aliphatic rings. The molecule has 4 aromatic rings. The van der Waals surface area contributed by atoms with Crippen LogP contribution in [0.5, 0.6) is 11.5 Å². The van der Waals surface area contributed by atoms with Gasteiger partial charge in [-0.05, 0) is 85.6 Å². The summed E-state index contributed by atoms with van der Waals surface area (Å²) in [6.07, 6.45) is 5.61. The fourth-order valence-corrected chi connectivity index (χ4v) is 4.29. The maximum Gasteiger partial charge on any atom is 0.311 e. The van der Waals surface area contributed by atoms with Crippen LogP contribution in [0.2, 0.25) is 0 Å². The van der Waals surface area contributed by atoms with Crippen LogP contribution < -0.4 is 9.47 Å². The fraction of sp³-hybridized carbons (Fsp3) is 0.235. The summed E-state index contributed by atoms with van der Waals surface area (Å²) in [6.45, 7) is 0. The molecule has 0 spiro atoms. The van der Waals surface area contributed by atoms with E-state index < -0.39 is 9.85 Å². The van der Waals surface area contributed by atoms with Crippen molar-refractivity contribution < 1.29 is 28.9 Å². The molecule has 246 valence electrons. The Hall–Kier alpha value is -6.18. The van der Waals surface area contributed by atoms with Gasteiger partial charge >= 0.3 is 11.9 Å². The minimum atomic E-state index is -0.484. The number of hydrogen-bond donors (Lipinski definition) is 0. The number of nitrogens with zero attached hydrogens (tertiary/aromatic N) is 6. The van der Waals surface area contributed by atoms with Gasteiger partial charge < -0.3 is 9.47 Å². The molecule has 0 saturated carbocycles. The number of esters is 2. The number of azo groups is 2. The second-order valence-electron chi connectivity index (χ2n) is 10.5. The van der Waals surface area contributed by atoms with E-state index in [1.54, 1.807) is 48.5 Å². The number of carbonyl (C=O) groups is 2. The van der Waals surface area contributed by atoms with Gasteiger partial charge in [0.05, 0.1) is 32.6 Å². The highest BCUT2D eigenvalue weighted by Crippen LogP contribution is 2.25. The molecule has 0 heterocycles. The lowest BCUT2D eigenvalue weighted by atomic mass is 10.1. The van der Waals surface area contributed by atoms with E-state index in [0.717, 1.165) is 25.7 Å². The molecule has 14 nitrogen and oxygen atoms in total. The molecule has 0 aliphatic heterocycles. The maximum absolute atomic E-state index is 12.2. The van der Waals surface area contributed by atoms with E-state index in [0.29, 0.717) is 59.9 Å². The summed E-state index contributed by atoms with van der Waals surface area (Å²) in [5.74, 6) is 0.168. The van der Waals surface area contributed by atoms with E-state index >= 15 is 0 Å². The van der Waals surface area contributed by atoms with E-state index in [4.69, 9.17) is 9.47 Å². The highest BCUT2D eigenvalue weighted by molar-refractivity contribution is 5.73. The average molecular weight is 653 g/mol. The van der Waals surface area contributed by atoms with Crippen LogP contribution in [0.15, 0.2) is 118 Å². The molecule has 0 fully saturated rings. The van der Waals surface area contributed by atoms with Gasteiger partial charge in [0.25, 0.3) is 11.4 Å². The molecule has 0 radical (unpaired) electrons. The Kier molecular flexibility index (Phi) is 13.1. The number of ether oxygens (including phenoxy) is 2. The van der Waals surface area contributed by atoms with Crippen molar-refractivity contribution >= 4 is 46.1 Å². The summed E-state index contributed by atoms with van der Waals surface area (Å²) in [5.41, 5.74) is 1.98. The van der Waals surface area contributed by atoms with E-state index in [9.17, 15) is 29.8 Å². The van der Waals surface area contributed by atoms with Crippen LogP contribution in [0.4, 0.5) is 34.1 Å². The van der Waals surface area contributed by atoms with E-state index in [1.807, 2.05) is 0 Å². The molecule has 48 heavy (non-hydrogen) atoms. The Bertz CT molecular complexity index is 1610. The predicted molar refractivity (Wildman–Crippen MR) is 176 cm³/mol. The first-order valence-corrected chi connectivity index (χ1v) is 15.2. The van der Waals surface area contributed by atoms with Crippen molar-refractivity contribution in [3.05, 3.63) is 117 Å². The van der Waals surface area contributed by atoms with Crippen LogP contribution in [0.3, 0.4) is 0 Å². The number of benzene rings is 4. The fourth-order valence-electron chi connectivity index (χ4n) is 4.29. The molecule has 4 aromatic carbocycles. The van der Waals surface area contributed by atoms with E-state index in [2.05, 4.69) is 20.5 Å². The number of unbranched alkanes of at least 4 members (excludes halogenated alkanes) is 5. The Morgan fingerprint density at radius 1 is 0.458 bits per heavy atom. The normalized spacial score (nSPS) is 11.1. The van der Waals surface area contributed by atoms with Gasteiger partial charge in [-0.2, -0.15) is 20.5 Å². The summed E-state index contributed by atoms with van der Waals surface area (Å²) < 4.78 is 10.8. The minimum Gasteiger partial charge on any atom is -0.427 e. The molecular weight excluding hydrogens is 620 g/mol. The third-order valence-corrected chi connectivity index (χ3v) is 6.83. The van der Waals surface area contributed by atoms with Gasteiger partial charge in [0, 0.05) is 37.1 Å². The number of rotatable bonds is 17. The second kappa shape index (κ2) is 18.1. The van der Waals surface area contributed by atoms with Gasteiger partial charge in [-0.1, -0.05) is 25.7 Å². The minimum absolute atomic E-state index is 0.0247. The molecule has 0 unspecified atom stereocenters. The summed E-state index contributed by atoms with van der Waals surface area (Å²) in [6, 6.07) is 24.6. The van der Waals surface area contributed by atoms with Crippen molar-refractivity contribution in [3.8, 4) is 11.5 Å². The molecule has 0 bridgehead atoms. The number of carbonyl (C=O) groups excluding carboxylic acids is 2. The lowest BCUT2D eigenvalue weighted by Crippen LogP contribution is -2.07. The summed E-state index contributed by atoms with van der Waals surface area (Å²) in [4.78, 5) is 44.9. The predicted octanol–water partition coefficient (Wildman–Crippen LogP) is 9.97. The molecule has 4 rings (SSSR count). The van der Waals surface area contributed by atoms with Gasteiger partial charge in [-0.15, -0.1) is 0 Å². The van der Waals surface area contributed by atoms with Crippen LogP contribution >= 0.6 is 0 Å². The topological polar surface area (TPSA) is 188 Å². The average Bonchev–Trinajstić information content (AvgIpc) is 3.09. The van der Waals surface area contributed by atoms with Crippen LogP contribution in [0.25, 0.3) is 0 Å². The first-order chi connectivity index (χ1) is 23.2. The van der Waals surface area contributed by atoms with Crippen molar-refractivity contribution in [2.45, 2.75) is 51.4 Å². The standard InChI is InChI=1S/C34H32N6O8/c41-33(47-31-21-13-27(14-22-31)37-35-25-9-17-29(18-10-25)39(43)44)7-5-3-1-2-4-6-8-34(42)48-32-23-15-28(16-24-32)38-36-26-11-19-30(20-12-26)40(45)46/h9-24H,1-8H2. The summed E-state index contributed by atoms with van der Waals surface area (Å²) in [7, 11) is 0. The molecule has 14 heteroatoms. The number of non-ortho nitro benzene ring substituents is 2. The summed E-state index contributed by atoms with van der Waals surface area (Å²) >= 11 is 0. The molecule has 0 N–H and O–H groups in total. The van der Waals surface area contributed by atoms with Gasteiger partial charge in [-0.3, -0.25) is 29.8 Å². The molecule has 0 aliphatic carbocycles. The Morgan fingerprint density at radius 2 is 0.729 bits per heavy atom. The Balaban J connectivity index is 1.03. The largest absolute Gasteiger partial charge is 0.427 e. The van der Waals surface area contributed by atoms with Gasteiger partial charge in [0.1, 0.15) is 11.5 Å². The Labute approximate surface area is 275 Å². The molecule has 0 amide bonds. The molecular formula is C34H32N6O8. The monoisotopic (exact) mass is 652 g/mol. The van der Waals surface area contributed by atoms with Gasteiger partial charge in [-0.25, -0.2) is 0 Å².